The first-order chi connectivity index (χ1) is 13.1. The molecule has 27 heavy (non-hydrogen) atoms. The lowest BCUT2D eigenvalue weighted by Gasteiger charge is -2.23. The summed E-state index contributed by atoms with van der Waals surface area (Å²) in [5, 5.41) is 2.60. The number of methoxy groups -OCH3 is 1. The van der Waals surface area contributed by atoms with Crippen molar-refractivity contribution in [2.45, 2.75) is 25.4 Å². The van der Waals surface area contributed by atoms with Crippen molar-refractivity contribution < 1.29 is 19.1 Å². The second-order valence-corrected chi connectivity index (χ2v) is 6.47. The summed E-state index contributed by atoms with van der Waals surface area (Å²) in [6, 6.07) is 14.9. The molecule has 3 rings (SSSR count). The predicted octanol–water partition coefficient (Wildman–Crippen LogP) is 2.62. The van der Waals surface area contributed by atoms with E-state index >= 15 is 0 Å². The van der Waals surface area contributed by atoms with Crippen molar-refractivity contribution >= 4 is 11.8 Å². The number of para-hydroxylation sites is 2. The fourth-order valence-electron chi connectivity index (χ4n) is 2.87. The van der Waals surface area contributed by atoms with Crippen LogP contribution in [0.25, 0.3) is 0 Å². The molecule has 1 aliphatic carbocycles. The van der Waals surface area contributed by atoms with Crippen molar-refractivity contribution in [1.29, 1.82) is 0 Å². The Morgan fingerprint density at radius 1 is 1.07 bits per heavy atom. The third-order valence-electron chi connectivity index (χ3n) is 4.52. The molecule has 0 atom stereocenters. The number of hydrogen-bond donors (Lipinski definition) is 1. The second kappa shape index (κ2) is 8.58. The van der Waals surface area contributed by atoms with Crippen LogP contribution in [0.1, 0.15) is 28.8 Å². The van der Waals surface area contributed by atoms with Crippen LogP contribution in [0.15, 0.2) is 48.5 Å². The van der Waals surface area contributed by atoms with Crippen LogP contribution in [-0.2, 0) is 11.3 Å². The van der Waals surface area contributed by atoms with E-state index in [-0.39, 0.29) is 24.5 Å². The zero-order chi connectivity index (χ0) is 19.2. The van der Waals surface area contributed by atoms with Crippen molar-refractivity contribution in [1.82, 2.24) is 10.2 Å². The zero-order valence-electron chi connectivity index (χ0n) is 15.6. The second-order valence-electron chi connectivity index (χ2n) is 6.47. The largest absolute Gasteiger partial charge is 0.493 e. The van der Waals surface area contributed by atoms with E-state index in [9.17, 15) is 9.59 Å². The Bertz CT molecular complexity index is 800. The summed E-state index contributed by atoms with van der Waals surface area (Å²) in [6.07, 6.45) is 2.02. The van der Waals surface area contributed by atoms with Gasteiger partial charge in [-0.1, -0.05) is 24.3 Å². The van der Waals surface area contributed by atoms with Crippen LogP contribution in [0, 0.1) is 0 Å². The monoisotopic (exact) mass is 368 g/mol. The van der Waals surface area contributed by atoms with Gasteiger partial charge >= 0.3 is 0 Å². The molecule has 0 aromatic heterocycles. The van der Waals surface area contributed by atoms with Crippen molar-refractivity contribution in [3.63, 3.8) is 0 Å². The van der Waals surface area contributed by atoms with Gasteiger partial charge in [-0.25, -0.2) is 0 Å². The van der Waals surface area contributed by atoms with Gasteiger partial charge in [-0.2, -0.15) is 0 Å². The molecular formula is C21H24N2O4. The molecule has 0 radical (unpaired) electrons. The Kier molecular flexibility index (Phi) is 5.96. The van der Waals surface area contributed by atoms with Gasteiger partial charge < -0.3 is 19.7 Å². The van der Waals surface area contributed by atoms with Gasteiger partial charge in [0.05, 0.1) is 7.11 Å². The van der Waals surface area contributed by atoms with Gasteiger partial charge in [0, 0.05) is 25.2 Å². The van der Waals surface area contributed by atoms with E-state index < -0.39 is 0 Å². The van der Waals surface area contributed by atoms with Gasteiger partial charge in [0.25, 0.3) is 11.8 Å². The van der Waals surface area contributed by atoms with E-state index in [1.807, 2.05) is 29.2 Å². The van der Waals surface area contributed by atoms with Gasteiger partial charge in [-0.3, -0.25) is 9.59 Å². The minimum Gasteiger partial charge on any atom is -0.493 e. The smallest absolute Gasteiger partial charge is 0.261 e. The molecular weight excluding hydrogens is 344 g/mol. The normalized spacial score (nSPS) is 13.0. The average Bonchev–Trinajstić information content (AvgIpc) is 3.55. The van der Waals surface area contributed by atoms with Crippen molar-refractivity contribution in [3.05, 3.63) is 59.7 Å². The van der Waals surface area contributed by atoms with Gasteiger partial charge in [0.2, 0.25) is 0 Å². The summed E-state index contributed by atoms with van der Waals surface area (Å²) in [6.45, 7) is 0.472. The summed E-state index contributed by atoms with van der Waals surface area (Å²) in [4.78, 5) is 26.2. The molecule has 0 aliphatic heterocycles. The number of ether oxygens (including phenoxy) is 2. The maximum atomic E-state index is 12.7. The third-order valence-corrected chi connectivity index (χ3v) is 4.52. The van der Waals surface area contributed by atoms with E-state index in [1.54, 1.807) is 38.4 Å². The molecule has 0 saturated heterocycles. The Hall–Kier alpha value is -3.02. The summed E-state index contributed by atoms with van der Waals surface area (Å²) in [5.74, 6) is 0.979. The molecule has 0 bridgehead atoms. The fourth-order valence-corrected chi connectivity index (χ4v) is 2.87. The summed E-state index contributed by atoms with van der Waals surface area (Å²) in [7, 11) is 3.18. The van der Waals surface area contributed by atoms with Gasteiger partial charge in [-0.15, -0.1) is 0 Å². The van der Waals surface area contributed by atoms with Crippen LogP contribution in [0.4, 0.5) is 0 Å². The summed E-state index contributed by atoms with van der Waals surface area (Å²) >= 11 is 0. The third kappa shape index (κ3) is 4.78. The van der Waals surface area contributed by atoms with Crippen molar-refractivity contribution in [3.8, 4) is 11.5 Å². The highest BCUT2D eigenvalue weighted by atomic mass is 16.5. The van der Waals surface area contributed by atoms with Crippen LogP contribution in [0.3, 0.4) is 0 Å². The quantitative estimate of drug-likeness (QED) is 0.778. The molecule has 1 N–H and O–H groups in total. The fraction of sp³-hybridized carbons (Fsp3) is 0.333. The average molecular weight is 368 g/mol. The SMILES string of the molecule is CNC(=O)c1ccc(CN(C(=O)COc2ccccc2OC)C2CC2)cc1. The Balaban J connectivity index is 1.63. The van der Waals surface area contributed by atoms with Crippen LogP contribution in [-0.4, -0.2) is 43.5 Å². The van der Waals surface area contributed by atoms with E-state index in [4.69, 9.17) is 9.47 Å². The zero-order valence-corrected chi connectivity index (χ0v) is 15.6. The lowest BCUT2D eigenvalue weighted by Crippen LogP contribution is -2.36. The molecule has 6 heteroatoms. The topological polar surface area (TPSA) is 67.9 Å². The van der Waals surface area contributed by atoms with Gasteiger partial charge in [0.1, 0.15) is 0 Å². The highest BCUT2D eigenvalue weighted by Crippen LogP contribution is 2.30. The molecule has 1 fully saturated rings. The minimum absolute atomic E-state index is 0.0345. The number of benzene rings is 2. The first-order valence-corrected chi connectivity index (χ1v) is 8.98. The van der Waals surface area contributed by atoms with Crippen molar-refractivity contribution in [2.24, 2.45) is 0 Å². The Labute approximate surface area is 159 Å². The molecule has 0 spiro atoms. The van der Waals surface area contributed by atoms with E-state index in [0.29, 0.717) is 23.6 Å². The minimum atomic E-state index is -0.123. The van der Waals surface area contributed by atoms with E-state index in [1.165, 1.54) is 0 Å². The molecule has 2 aromatic carbocycles. The molecule has 6 nitrogen and oxygen atoms in total. The number of hydrogen-bond acceptors (Lipinski definition) is 4. The van der Waals surface area contributed by atoms with Gasteiger partial charge in [0.15, 0.2) is 18.1 Å². The lowest BCUT2D eigenvalue weighted by atomic mass is 10.1. The summed E-state index contributed by atoms with van der Waals surface area (Å²) < 4.78 is 10.9. The number of nitrogens with zero attached hydrogens (tertiary/aromatic N) is 1. The number of nitrogens with one attached hydrogen (secondary N) is 1. The molecule has 0 unspecified atom stereocenters. The van der Waals surface area contributed by atoms with Crippen LogP contribution >= 0.6 is 0 Å². The molecule has 2 amide bonds. The molecule has 142 valence electrons. The highest BCUT2D eigenvalue weighted by Gasteiger charge is 2.32. The van der Waals surface area contributed by atoms with E-state index in [0.717, 1.165) is 18.4 Å². The molecule has 1 saturated carbocycles. The van der Waals surface area contributed by atoms with Crippen LogP contribution < -0.4 is 14.8 Å². The number of amides is 2. The molecule has 2 aromatic rings. The first kappa shape index (κ1) is 18.8. The number of rotatable bonds is 8. The van der Waals surface area contributed by atoms with Crippen LogP contribution in [0.2, 0.25) is 0 Å². The molecule has 1 aliphatic rings. The highest BCUT2D eigenvalue weighted by molar-refractivity contribution is 5.93. The Morgan fingerprint density at radius 3 is 2.33 bits per heavy atom. The maximum absolute atomic E-state index is 12.7. The maximum Gasteiger partial charge on any atom is 0.261 e. The van der Waals surface area contributed by atoms with Gasteiger partial charge in [-0.05, 0) is 42.7 Å². The lowest BCUT2D eigenvalue weighted by molar-refractivity contribution is -0.134. The molecule has 0 heterocycles. The summed E-state index contributed by atoms with van der Waals surface area (Å²) in [5.41, 5.74) is 1.59. The first-order valence-electron chi connectivity index (χ1n) is 8.98. The van der Waals surface area contributed by atoms with Crippen molar-refractivity contribution in [2.75, 3.05) is 20.8 Å². The van der Waals surface area contributed by atoms with E-state index in [2.05, 4.69) is 5.32 Å². The standard InChI is InChI=1S/C21H24N2O4/c1-22-21(25)16-9-7-15(8-10-16)13-23(17-11-12-17)20(24)14-27-19-6-4-3-5-18(19)26-2/h3-10,17H,11-14H2,1-2H3,(H,22,25). The number of carbonyl (C=O) groups is 2. The number of carbonyl (C=O) groups excluding carboxylic acids is 2. The Morgan fingerprint density at radius 2 is 1.74 bits per heavy atom. The van der Waals surface area contributed by atoms with Crippen LogP contribution in [0.5, 0.6) is 11.5 Å². The predicted molar refractivity (Wildman–Crippen MR) is 102 cm³/mol.